The number of hydrogen-bond acceptors (Lipinski definition) is 4. The Kier molecular flexibility index (Phi) is 7.40. The lowest BCUT2D eigenvalue weighted by molar-refractivity contribution is -0.129. The molecule has 1 aliphatic heterocycles. The van der Waals surface area contributed by atoms with Crippen molar-refractivity contribution in [2.24, 2.45) is 5.92 Å². The minimum atomic E-state index is -0.291. The normalized spacial score (nSPS) is 17.4. The van der Waals surface area contributed by atoms with E-state index in [0.29, 0.717) is 33.0 Å². The van der Waals surface area contributed by atoms with Crippen LogP contribution in [0.25, 0.3) is 0 Å². The fourth-order valence-corrected chi connectivity index (χ4v) is 2.84. The summed E-state index contributed by atoms with van der Waals surface area (Å²) in [4.78, 5) is 26.1. The summed E-state index contributed by atoms with van der Waals surface area (Å²) in [5, 5.41) is 2.92. The highest BCUT2D eigenvalue weighted by molar-refractivity contribution is 5.97. The van der Waals surface area contributed by atoms with Gasteiger partial charge >= 0.3 is 0 Å². The molecule has 1 fully saturated rings. The van der Waals surface area contributed by atoms with Crippen LogP contribution in [-0.4, -0.2) is 49.1 Å². The number of hydrogen-bond donors (Lipinski definition) is 1. The number of likely N-dealkylation sites (tertiary alicyclic amines) is 1. The zero-order valence-corrected chi connectivity index (χ0v) is 15.3. The van der Waals surface area contributed by atoms with Crippen molar-refractivity contribution in [3.8, 4) is 0 Å². The van der Waals surface area contributed by atoms with E-state index in [0.717, 1.165) is 11.3 Å². The van der Waals surface area contributed by atoms with E-state index in [2.05, 4.69) is 5.32 Å². The van der Waals surface area contributed by atoms with Gasteiger partial charge in [-0.15, -0.1) is 0 Å². The van der Waals surface area contributed by atoms with Crippen molar-refractivity contribution in [1.29, 1.82) is 0 Å². The standard InChI is InChI=1S/C19H28N2O4/c1-4-24-8-9-25-13-15-6-5-7-17(10-15)20-19(23)16-11-18(22)21(12-16)14(2)3/h5-7,10,14,16H,4,8-9,11-13H2,1-3H3,(H,20,23). The summed E-state index contributed by atoms with van der Waals surface area (Å²) in [7, 11) is 0. The number of nitrogens with one attached hydrogen (secondary N) is 1. The van der Waals surface area contributed by atoms with Gasteiger partial charge in [0.2, 0.25) is 11.8 Å². The minimum absolute atomic E-state index is 0.0478. The first-order chi connectivity index (χ1) is 12.0. The van der Waals surface area contributed by atoms with E-state index in [9.17, 15) is 9.59 Å². The lowest BCUT2D eigenvalue weighted by Gasteiger charge is -2.20. The van der Waals surface area contributed by atoms with Gasteiger partial charge in [-0.2, -0.15) is 0 Å². The predicted molar refractivity (Wildman–Crippen MR) is 96.2 cm³/mol. The molecule has 1 saturated heterocycles. The van der Waals surface area contributed by atoms with Gasteiger partial charge in [0, 0.05) is 31.3 Å². The highest BCUT2D eigenvalue weighted by atomic mass is 16.5. The minimum Gasteiger partial charge on any atom is -0.379 e. The molecule has 1 N–H and O–H groups in total. The molecule has 0 radical (unpaired) electrons. The molecule has 1 aromatic carbocycles. The summed E-state index contributed by atoms with van der Waals surface area (Å²) in [6, 6.07) is 7.71. The molecule has 1 atom stereocenters. The summed E-state index contributed by atoms with van der Waals surface area (Å²) < 4.78 is 10.8. The van der Waals surface area contributed by atoms with Crippen molar-refractivity contribution in [2.75, 3.05) is 31.7 Å². The van der Waals surface area contributed by atoms with Gasteiger partial charge in [0.15, 0.2) is 0 Å². The number of rotatable bonds is 9. The molecule has 1 aliphatic rings. The molecule has 1 heterocycles. The molecule has 0 aliphatic carbocycles. The topological polar surface area (TPSA) is 67.9 Å². The molecule has 2 rings (SSSR count). The summed E-state index contributed by atoms with van der Waals surface area (Å²) in [6.07, 6.45) is 0.282. The second kappa shape index (κ2) is 9.53. The third-order valence-electron chi connectivity index (χ3n) is 4.19. The molecule has 138 valence electrons. The first kappa shape index (κ1) is 19.4. The Hall–Kier alpha value is -1.92. The molecule has 25 heavy (non-hydrogen) atoms. The number of benzene rings is 1. The maximum Gasteiger partial charge on any atom is 0.229 e. The van der Waals surface area contributed by atoms with E-state index in [4.69, 9.17) is 9.47 Å². The fraction of sp³-hybridized carbons (Fsp3) is 0.579. The Labute approximate surface area is 149 Å². The van der Waals surface area contributed by atoms with Gasteiger partial charge in [-0.25, -0.2) is 0 Å². The molecule has 0 spiro atoms. The van der Waals surface area contributed by atoms with Crippen LogP contribution >= 0.6 is 0 Å². The smallest absolute Gasteiger partial charge is 0.229 e. The van der Waals surface area contributed by atoms with Crippen molar-refractivity contribution < 1.29 is 19.1 Å². The maximum atomic E-state index is 12.4. The van der Waals surface area contributed by atoms with Gasteiger partial charge in [-0.05, 0) is 38.5 Å². The van der Waals surface area contributed by atoms with Crippen molar-refractivity contribution in [3.05, 3.63) is 29.8 Å². The summed E-state index contributed by atoms with van der Waals surface area (Å²) in [5.74, 6) is -0.349. The third kappa shape index (κ3) is 5.83. The zero-order valence-electron chi connectivity index (χ0n) is 15.3. The Balaban J connectivity index is 1.85. The molecule has 0 saturated carbocycles. The average Bonchev–Trinajstić information content (AvgIpc) is 2.97. The zero-order chi connectivity index (χ0) is 18.2. The van der Waals surface area contributed by atoms with Crippen LogP contribution in [0.4, 0.5) is 5.69 Å². The third-order valence-corrected chi connectivity index (χ3v) is 4.19. The molecular weight excluding hydrogens is 320 g/mol. The van der Waals surface area contributed by atoms with Crippen LogP contribution in [0.3, 0.4) is 0 Å². The number of carbonyl (C=O) groups is 2. The first-order valence-electron chi connectivity index (χ1n) is 8.86. The summed E-state index contributed by atoms with van der Waals surface area (Å²) in [5.41, 5.74) is 1.71. The summed E-state index contributed by atoms with van der Waals surface area (Å²) in [6.45, 7) is 8.64. The van der Waals surface area contributed by atoms with Crippen molar-refractivity contribution in [2.45, 2.75) is 39.8 Å². The SMILES string of the molecule is CCOCCOCc1cccc(NC(=O)C2CC(=O)N(C(C)C)C2)c1. The second-order valence-electron chi connectivity index (χ2n) is 6.48. The van der Waals surface area contributed by atoms with Crippen molar-refractivity contribution in [3.63, 3.8) is 0 Å². The van der Waals surface area contributed by atoms with Gasteiger partial charge in [-0.3, -0.25) is 9.59 Å². The quantitative estimate of drug-likeness (QED) is 0.696. The van der Waals surface area contributed by atoms with Gasteiger partial charge in [-0.1, -0.05) is 12.1 Å². The number of anilines is 1. The Bertz CT molecular complexity index is 589. The van der Waals surface area contributed by atoms with Crippen LogP contribution in [0.2, 0.25) is 0 Å². The van der Waals surface area contributed by atoms with E-state index in [1.165, 1.54) is 0 Å². The lowest BCUT2D eigenvalue weighted by atomic mass is 10.1. The van der Waals surface area contributed by atoms with Crippen LogP contribution in [0.15, 0.2) is 24.3 Å². The summed E-state index contributed by atoms with van der Waals surface area (Å²) >= 11 is 0. The van der Waals surface area contributed by atoms with Crippen LogP contribution < -0.4 is 5.32 Å². The van der Waals surface area contributed by atoms with Crippen LogP contribution in [-0.2, 0) is 25.7 Å². The molecule has 1 unspecified atom stereocenters. The van der Waals surface area contributed by atoms with Crippen molar-refractivity contribution in [1.82, 2.24) is 4.90 Å². The van der Waals surface area contributed by atoms with E-state index in [-0.39, 0.29) is 30.2 Å². The van der Waals surface area contributed by atoms with E-state index in [1.54, 1.807) is 4.90 Å². The Morgan fingerprint density at radius 1 is 1.32 bits per heavy atom. The molecule has 0 aromatic heterocycles. The van der Waals surface area contributed by atoms with E-state index in [1.807, 2.05) is 45.0 Å². The lowest BCUT2D eigenvalue weighted by Crippen LogP contribution is -2.33. The number of nitrogens with zero attached hydrogens (tertiary/aromatic N) is 1. The van der Waals surface area contributed by atoms with Crippen LogP contribution in [0.1, 0.15) is 32.8 Å². The number of carbonyl (C=O) groups excluding carboxylic acids is 2. The van der Waals surface area contributed by atoms with Crippen LogP contribution in [0, 0.1) is 5.92 Å². The van der Waals surface area contributed by atoms with Gasteiger partial charge in [0.05, 0.1) is 25.7 Å². The van der Waals surface area contributed by atoms with Gasteiger partial charge in [0.25, 0.3) is 0 Å². The van der Waals surface area contributed by atoms with Gasteiger partial charge in [0.1, 0.15) is 0 Å². The number of amides is 2. The number of ether oxygens (including phenoxy) is 2. The maximum absolute atomic E-state index is 12.4. The highest BCUT2D eigenvalue weighted by Gasteiger charge is 2.35. The Morgan fingerprint density at radius 2 is 2.08 bits per heavy atom. The molecule has 6 nitrogen and oxygen atoms in total. The monoisotopic (exact) mass is 348 g/mol. The van der Waals surface area contributed by atoms with Crippen LogP contribution in [0.5, 0.6) is 0 Å². The second-order valence-corrected chi connectivity index (χ2v) is 6.48. The van der Waals surface area contributed by atoms with E-state index >= 15 is 0 Å². The molecule has 0 bridgehead atoms. The largest absolute Gasteiger partial charge is 0.379 e. The molecule has 1 aromatic rings. The first-order valence-corrected chi connectivity index (χ1v) is 8.86. The predicted octanol–water partition coefficient (Wildman–Crippen LogP) is 2.44. The highest BCUT2D eigenvalue weighted by Crippen LogP contribution is 2.22. The molecular formula is C19H28N2O4. The molecule has 2 amide bonds. The fourth-order valence-electron chi connectivity index (χ4n) is 2.84. The van der Waals surface area contributed by atoms with E-state index < -0.39 is 0 Å². The van der Waals surface area contributed by atoms with Gasteiger partial charge < -0.3 is 19.7 Å². The average molecular weight is 348 g/mol. The Morgan fingerprint density at radius 3 is 2.76 bits per heavy atom. The molecule has 6 heteroatoms. The van der Waals surface area contributed by atoms with Crippen molar-refractivity contribution >= 4 is 17.5 Å².